The number of rotatable bonds is 8. The van der Waals surface area contributed by atoms with Gasteiger partial charge in [-0.1, -0.05) is 18.2 Å². The van der Waals surface area contributed by atoms with Gasteiger partial charge < -0.3 is 20.1 Å². The predicted molar refractivity (Wildman–Crippen MR) is 117 cm³/mol. The number of halogens is 2. The molecule has 0 radical (unpaired) electrons. The van der Waals surface area contributed by atoms with Gasteiger partial charge in [-0.15, -0.1) is 0 Å². The van der Waals surface area contributed by atoms with Gasteiger partial charge >= 0.3 is 0 Å². The smallest absolute Gasteiger partial charge is 0.248 e. The molecule has 3 aromatic rings. The molecule has 4 rings (SSSR count). The number of ether oxygens (including phenoxy) is 2. The summed E-state index contributed by atoms with van der Waals surface area (Å²) in [5.74, 6) is -0.772. The minimum Gasteiger partial charge on any atom is -0.491 e. The zero-order chi connectivity index (χ0) is 21.7. The van der Waals surface area contributed by atoms with Crippen LogP contribution in [0.5, 0.6) is 5.75 Å². The van der Waals surface area contributed by atoms with Gasteiger partial charge in [-0.3, -0.25) is 0 Å². The molecule has 0 amide bonds. The maximum absolute atomic E-state index is 13.5. The van der Waals surface area contributed by atoms with E-state index in [1.807, 2.05) is 48.5 Å². The molecule has 0 saturated heterocycles. The van der Waals surface area contributed by atoms with Crippen molar-refractivity contribution >= 4 is 28.4 Å². The number of hydrogen-bond acceptors (Lipinski definition) is 6. The van der Waals surface area contributed by atoms with E-state index in [0.717, 1.165) is 16.6 Å². The largest absolute Gasteiger partial charge is 0.491 e. The maximum Gasteiger partial charge on any atom is 0.248 e. The van der Waals surface area contributed by atoms with Crippen LogP contribution in [-0.2, 0) is 4.74 Å². The van der Waals surface area contributed by atoms with E-state index in [-0.39, 0.29) is 18.9 Å². The highest BCUT2D eigenvalue weighted by atomic mass is 19.3. The first-order valence-corrected chi connectivity index (χ1v) is 10.4. The molecule has 0 spiro atoms. The maximum atomic E-state index is 13.5. The molecule has 2 N–H and O–H groups in total. The van der Waals surface area contributed by atoms with Crippen LogP contribution in [0.2, 0.25) is 0 Å². The Hall–Kier alpha value is -3.00. The molecule has 1 heterocycles. The van der Waals surface area contributed by atoms with Crippen molar-refractivity contribution in [3.05, 3.63) is 48.5 Å². The number of benzene rings is 2. The van der Waals surface area contributed by atoms with Gasteiger partial charge in [0.15, 0.2) is 0 Å². The van der Waals surface area contributed by atoms with Crippen molar-refractivity contribution in [1.82, 2.24) is 9.97 Å². The molecule has 1 aliphatic rings. The summed E-state index contributed by atoms with van der Waals surface area (Å²) in [5.41, 5.74) is 1.56. The zero-order valence-corrected chi connectivity index (χ0v) is 17.4. The Balaban J connectivity index is 1.54. The molecule has 1 aliphatic carbocycles. The van der Waals surface area contributed by atoms with Crippen LogP contribution in [0.25, 0.3) is 10.9 Å². The lowest BCUT2D eigenvalue weighted by atomic mass is 9.92. The zero-order valence-electron chi connectivity index (χ0n) is 17.4. The first-order chi connectivity index (χ1) is 15.0. The first-order valence-electron chi connectivity index (χ1n) is 10.4. The SMILES string of the molecule is COCCOc1cccc(Nc2nc(NC3CCC(F)(F)CC3)c3ccccc3n2)c1. The summed E-state index contributed by atoms with van der Waals surface area (Å²) in [6, 6.07) is 15.1. The molecule has 1 aromatic heterocycles. The fourth-order valence-electron chi connectivity index (χ4n) is 3.66. The summed E-state index contributed by atoms with van der Waals surface area (Å²) in [6.45, 7) is 0.967. The number of nitrogens with zero attached hydrogens (tertiary/aromatic N) is 2. The summed E-state index contributed by atoms with van der Waals surface area (Å²) in [7, 11) is 1.63. The molecule has 31 heavy (non-hydrogen) atoms. The Bertz CT molecular complexity index is 1020. The Labute approximate surface area is 180 Å². The summed E-state index contributed by atoms with van der Waals surface area (Å²) >= 11 is 0. The number of nitrogens with one attached hydrogen (secondary N) is 2. The van der Waals surface area contributed by atoms with Crippen LogP contribution in [0, 0.1) is 0 Å². The monoisotopic (exact) mass is 428 g/mol. The van der Waals surface area contributed by atoms with Crippen molar-refractivity contribution in [3.8, 4) is 5.75 Å². The van der Waals surface area contributed by atoms with Crippen LogP contribution in [0.1, 0.15) is 25.7 Å². The molecule has 1 fully saturated rings. The van der Waals surface area contributed by atoms with Crippen LogP contribution in [-0.4, -0.2) is 42.3 Å². The molecule has 0 bridgehead atoms. The third-order valence-electron chi connectivity index (χ3n) is 5.31. The summed E-state index contributed by atoms with van der Waals surface area (Å²) < 4.78 is 37.7. The number of para-hydroxylation sites is 1. The van der Waals surface area contributed by atoms with Gasteiger partial charge in [0.2, 0.25) is 11.9 Å². The highest BCUT2D eigenvalue weighted by Gasteiger charge is 2.35. The molecule has 0 atom stereocenters. The summed E-state index contributed by atoms with van der Waals surface area (Å²) in [5, 5.41) is 7.46. The van der Waals surface area contributed by atoms with Crippen LogP contribution in [0.4, 0.5) is 26.2 Å². The summed E-state index contributed by atoms with van der Waals surface area (Å²) in [6.07, 6.45) is 0.618. The quantitative estimate of drug-likeness (QED) is 0.469. The second-order valence-corrected chi connectivity index (χ2v) is 7.68. The average molecular weight is 428 g/mol. The second-order valence-electron chi connectivity index (χ2n) is 7.68. The lowest BCUT2D eigenvalue weighted by molar-refractivity contribution is -0.0361. The van der Waals surface area contributed by atoms with Crippen molar-refractivity contribution in [2.45, 2.75) is 37.6 Å². The lowest BCUT2D eigenvalue weighted by Gasteiger charge is -2.29. The van der Waals surface area contributed by atoms with Crippen molar-refractivity contribution in [2.75, 3.05) is 31.0 Å². The predicted octanol–water partition coefficient (Wildman–Crippen LogP) is 5.39. The van der Waals surface area contributed by atoms with Gasteiger partial charge in [0.25, 0.3) is 0 Å². The fourth-order valence-corrected chi connectivity index (χ4v) is 3.66. The van der Waals surface area contributed by atoms with Crippen LogP contribution < -0.4 is 15.4 Å². The Morgan fingerprint density at radius 1 is 1.03 bits per heavy atom. The number of anilines is 3. The van der Waals surface area contributed by atoms with Crippen LogP contribution in [0.15, 0.2) is 48.5 Å². The Kier molecular flexibility index (Phi) is 6.46. The van der Waals surface area contributed by atoms with Gasteiger partial charge in [0, 0.05) is 43.1 Å². The molecule has 0 aliphatic heterocycles. The van der Waals surface area contributed by atoms with Gasteiger partial charge in [0.1, 0.15) is 18.2 Å². The standard InChI is InChI=1S/C23H26F2N4O2/c1-30-13-14-31-18-6-4-5-17(15-18)27-22-28-20-8-3-2-7-19(20)21(29-22)26-16-9-11-23(24,25)12-10-16/h2-8,15-16H,9-14H2,1H3,(H2,26,27,28,29). The normalized spacial score (nSPS) is 16.2. The van der Waals surface area contributed by atoms with Crippen molar-refractivity contribution in [2.24, 2.45) is 0 Å². The van der Waals surface area contributed by atoms with Crippen molar-refractivity contribution in [3.63, 3.8) is 0 Å². The van der Waals surface area contributed by atoms with E-state index in [1.54, 1.807) is 7.11 Å². The van der Waals surface area contributed by atoms with E-state index < -0.39 is 5.92 Å². The van der Waals surface area contributed by atoms with Gasteiger partial charge in [-0.25, -0.2) is 13.8 Å². The number of fused-ring (bicyclic) bond motifs is 1. The second kappa shape index (κ2) is 9.43. The third kappa shape index (κ3) is 5.58. The van der Waals surface area contributed by atoms with Gasteiger partial charge in [-0.05, 0) is 37.1 Å². The van der Waals surface area contributed by atoms with Gasteiger partial charge in [0.05, 0.1) is 12.1 Å². The number of hydrogen-bond donors (Lipinski definition) is 2. The number of aromatic nitrogens is 2. The molecular weight excluding hydrogens is 402 g/mol. The van der Waals surface area contributed by atoms with E-state index in [4.69, 9.17) is 9.47 Å². The Morgan fingerprint density at radius 3 is 2.65 bits per heavy atom. The number of methoxy groups -OCH3 is 1. The van der Waals surface area contributed by atoms with Crippen molar-refractivity contribution in [1.29, 1.82) is 0 Å². The highest BCUT2D eigenvalue weighted by molar-refractivity contribution is 5.90. The Morgan fingerprint density at radius 2 is 1.84 bits per heavy atom. The summed E-state index contributed by atoms with van der Waals surface area (Å²) in [4.78, 5) is 9.26. The van der Waals surface area contributed by atoms with Crippen LogP contribution in [0.3, 0.4) is 0 Å². The van der Waals surface area contributed by atoms with E-state index in [0.29, 0.717) is 43.6 Å². The average Bonchev–Trinajstić information content (AvgIpc) is 2.76. The molecular formula is C23H26F2N4O2. The minimum absolute atomic E-state index is 0.0386. The first kappa shape index (κ1) is 21.2. The topological polar surface area (TPSA) is 68.3 Å². The third-order valence-corrected chi connectivity index (χ3v) is 5.31. The highest BCUT2D eigenvalue weighted by Crippen LogP contribution is 2.35. The minimum atomic E-state index is -2.56. The lowest BCUT2D eigenvalue weighted by Crippen LogP contribution is -2.32. The van der Waals surface area contributed by atoms with Crippen LogP contribution >= 0.6 is 0 Å². The number of alkyl halides is 2. The van der Waals surface area contributed by atoms with Crippen molar-refractivity contribution < 1.29 is 18.3 Å². The molecule has 2 aromatic carbocycles. The van der Waals surface area contributed by atoms with E-state index >= 15 is 0 Å². The van der Waals surface area contributed by atoms with Gasteiger partial charge in [-0.2, -0.15) is 4.98 Å². The van der Waals surface area contributed by atoms with E-state index in [1.165, 1.54) is 0 Å². The molecule has 164 valence electrons. The van der Waals surface area contributed by atoms with E-state index in [2.05, 4.69) is 20.6 Å². The molecule has 8 heteroatoms. The molecule has 1 saturated carbocycles. The van der Waals surface area contributed by atoms with E-state index in [9.17, 15) is 8.78 Å². The molecule has 0 unspecified atom stereocenters. The fraction of sp³-hybridized carbons (Fsp3) is 0.391. The molecule has 6 nitrogen and oxygen atoms in total.